The number of halogens is 1. The molecule has 0 amide bonds. The molecule has 0 radical (unpaired) electrons. The van der Waals surface area contributed by atoms with Crippen LogP contribution in [0, 0.1) is 52.2 Å². The average Bonchev–Trinajstić information content (AvgIpc) is 3.02. The SMILES string of the molecule is CC(CCC(C)(C)O)[C@H]1CCC2C3CC=C4C[C@](O)(C#CCl)CC[C@@H]4C3CC[C@@]21C. The Kier molecular flexibility index (Phi) is 6.15. The van der Waals surface area contributed by atoms with Gasteiger partial charge in [0.15, 0.2) is 0 Å². The molecule has 0 bridgehead atoms. The Balaban J connectivity index is 1.48. The van der Waals surface area contributed by atoms with E-state index in [1.807, 2.05) is 13.8 Å². The summed E-state index contributed by atoms with van der Waals surface area (Å²) in [6, 6.07) is 0. The predicted molar refractivity (Wildman–Crippen MR) is 124 cm³/mol. The van der Waals surface area contributed by atoms with Crippen molar-refractivity contribution >= 4 is 11.6 Å². The maximum absolute atomic E-state index is 10.8. The molecule has 2 N–H and O–H groups in total. The summed E-state index contributed by atoms with van der Waals surface area (Å²) in [6.07, 6.45) is 13.7. The first kappa shape index (κ1) is 22.7. The lowest BCUT2D eigenvalue weighted by Gasteiger charge is -2.55. The summed E-state index contributed by atoms with van der Waals surface area (Å²) in [5.41, 5.74) is 0.465. The molecule has 3 heteroatoms. The van der Waals surface area contributed by atoms with Gasteiger partial charge in [0.25, 0.3) is 0 Å². The molecule has 4 unspecified atom stereocenters. The summed E-state index contributed by atoms with van der Waals surface area (Å²) in [7, 11) is 0. The molecule has 4 aliphatic carbocycles. The molecule has 0 aromatic heterocycles. The number of hydrogen-bond donors (Lipinski definition) is 2. The molecule has 30 heavy (non-hydrogen) atoms. The van der Waals surface area contributed by atoms with E-state index >= 15 is 0 Å². The Morgan fingerprint density at radius 3 is 2.67 bits per heavy atom. The van der Waals surface area contributed by atoms with Crippen molar-refractivity contribution in [2.24, 2.45) is 40.9 Å². The first-order chi connectivity index (χ1) is 14.1. The van der Waals surface area contributed by atoms with Crippen LogP contribution in [0.4, 0.5) is 0 Å². The van der Waals surface area contributed by atoms with Crippen LogP contribution in [0.2, 0.25) is 0 Å². The number of allylic oxidation sites excluding steroid dienone is 1. The van der Waals surface area contributed by atoms with Gasteiger partial charge in [-0.25, -0.2) is 0 Å². The minimum Gasteiger partial charge on any atom is -0.390 e. The van der Waals surface area contributed by atoms with Crippen molar-refractivity contribution in [3.8, 4) is 11.3 Å². The van der Waals surface area contributed by atoms with E-state index in [0.717, 1.165) is 49.4 Å². The highest BCUT2D eigenvalue weighted by Gasteiger charge is 2.57. The standard InChI is InChI=1S/C27H41ClO2/c1-18(9-12-25(2,3)29)23-7-8-24-22-6-5-19-17-27(30,15-16-28)14-11-20(19)21(22)10-13-26(23,24)4/h5,18,20-24,29-30H,6-14,17H2,1-4H3/t18?,20-,21?,22?,23+,24?,26+,27+/m0/s1. The van der Waals surface area contributed by atoms with E-state index in [1.54, 1.807) is 0 Å². The van der Waals surface area contributed by atoms with Gasteiger partial charge in [-0.2, -0.15) is 0 Å². The summed E-state index contributed by atoms with van der Waals surface area (Å²) < 4.78 is 0. The van der Waals surface area contributed by atoms with Crippen LogP contribution in [0.15, 0.2) is 11.6 Å². The van der Waals surface area contributed by atoms with Gasteiger partial charge in [0.1, 0.15) is 5.60 Å². The van der Waals surface area contributed by atoms with E-state index in [2.05, 4.69) is 31.2 Å². The van der Waals surface area contributed by atoms with E-state index in [0.29, 0.717) is 23.7 Å². The molecule has 0 saturated heterocycles. The van der Waals surface area contributed by atoms with E-state index in [-0.39, 0.29) is 0 Å². The van der Waals surface area contributed by atoms with E-state index in [9.17, 15) is 10.2 Å². The predicted octanol–water partition coefficient (Wildman–Crippen LogP) is 6.29. The fraction of sp³-hybridized carbons (Fsp3) is 0.852. The Hall–Kier alpha value is -0.490. The molecular formula is C27H41ClO2. The Morgan fingerprint density at radius 2 is 1.97 bits per heavy atom. The van der Waals surface area contributed by atoms with Gasteiger partial charge in [0.05, 0.1) is 5.60 Å². The number of rotatable bonds is 4. The van der Waals surface area contributed by atoms with Gasteiger partial charge < -0.3 is 10.2 Å². The summed E-state index contributed by atoms with van der Waals surface area (Å²) in [5, 5.41) is 23.4. The lowest BCUT2D eigenvalue weighted by Crippen LogP contribution is -2.48. The molecule has 4 rings (SSSR count). The third-order valence-electron chi connectivity index (χ3n) is 9.75. The largest absolute Gasteiger partial charge is 0.390 e. The molecule has 0 aromatic carbocycles. The molecule has 0 spiro atoms. The monoisotopic (exact) mass is 432 g/mol. The maximum Gasteiger partial charge on any atom is 0.130 e. The van der Waals surface area contributed by atoms with Crippen molar-refractivity contribution in [3.63, 3.8) is 0 Å². The highest BCUT2D eigenvalue weighted by molar-refractivity contribution is 6.30. The highest BCUT2D eigenvalue weighted by Crippen LogP contribution is 2.65. The second-order valence-electron chi connectivity index (χ2n) is 12.1. The van der Waals surface area contributed by atoms with Crippen molar-refractivity contribution in [2.45, 2.75) is 103 Å². The lowest BCUT2D eigenvalue weighted by atomic mass is 9.50. The second-order valence-corrected chi connectivity index (χ2v) is 12.3. The smallest absolute Gasteiger partial charge is 0.130 e. The molecule has 0 heterocycles. The van der Waals surface area contributed by atoms with Gasteiger partial charge in [0, 0.05) is 11.8 Å². The number of hydrogen-bond acceptors (Lipinski definition) is 2. The van der Waals surface area contributed by atoms with Crippen molar-refractivity contribution in [1.29, 1.82) is 0 Å². The van der Waals surface area contributed by atoms with Crippen LogP contribution in [0.5, 0.6) is 0 Å². The summed E-state index contributed by atoms with van der Waals surface area (Å²) in [4.78, 5) is 0. The molecule has 4 aliphatic rings. The fourth-order valence-corrected chi connectivity index (χ4v) is 8.42. The van der Waals surface area contributed by atoms with Crippen molar-refractivity contribution < 1.29 is 10.2 Å². The van der Waals surface area contributed by atoms with Crippen LogP contribution >= 0.6 is 11.6 Å². The van der Waals surface area contributed by atoms with Gasteiger partial charge in [-0.3, -0.25) is 0 Å². The van der Waals surface area contributed by atoms with Gasteiger partial charge in [-0.15, -0.1) is 0 Å². The van der Waals surface area contributed by atoms with Crippen molar-refractivity contribution in [3.05, 3.63) is 11.6 Å². The summed E-state index contributed by atoms with van der Waals surface area (Å²) in [5.74, 6) is 7.45. The zero-order chi connectivity index (χ0) is 21.7. The topological polar surface area (TPSA) is 40.5 Å². The maximum atomic E-state index is 10.8. The van der Waals surface area contributed by atoms with Gasteiger partial charge in [-0.05, 0) is 124 Å². The first-order valence-corrected chi connectivity index (χ1v) is 12.7. The Bertz CT molecular complexity index is 740. The average molecular weight is 433 g/mol. The van der Waals surface area contributed by atoms with Crippen LogP contribution in [-0.4, -0.2) is 21.4 Å². The molecule has 168 valence electrons. The lowest BCUT2D eigenvalue weighted by molar-refractivity contribution is -0.0367. The van der Waals surface area contributed by atoms with E-state index < -0.39 is 11.2 Å². The Morgan fingerprint density at radius 1 is 1.20 bits per heavy atom. The minimum atomic E-state index is -0.908. The molecule has 3 fully saturated rings. The first-order valence-electron chi connectivity index (χ1n) is 12.3. The minimum absolute atomic E-state index is 0.463. The zero-order valence-corrected chi connectivity index (χ0v) is 20.1. The van der Waals surface area contributed by atoms with Crippen LogP contribution in [0.25, 0.3) is 0 Å². The van der Waals surface area contributed by atoms with E-state index in [1.165, 1.54) is 37.7 Å². The molecule has 2 nitrogen and oxygen atoms in total. The molecule has 8 atom stereocenters. The van der Waals surface area contributed by atoms with Crippen LogP contribution in [0.1, 0.15) is 91.9 Å². The quantitative estimate of drug-likeness (QED) is 0.404. The van der Waals surface area contributed by atoms with Gasteiger partial charge >= 0.3 is 0 Å². The van der Waals surface area contributed by atoms with E-state index in [4.69, 9.17) is 11.6 Å². The van der Waals surface area contributed by atoms with Crippen molar-refractivity contribution in [2.75, 3.05) is 0 Å². The number of fused-ring (bicyclic) bond motifs is 5. The van der Waals surface area contributed by atoms with Gasteiger partial charge in [0.2, 0.25) is 0 Å². The summed E-state index contributed by atoms with van der Waals surface area (Å²) >= 11 is 5.62. The highest BCUT2D eigenvalue weighted by atomic mass is 35.5. The van der Waals surface area contributed by atoms with Crippen LogP contribution in [-0.2, 0) is 0 Å². The zero-order valence-electron chi connectivity index (χ0n) is 19.4. The molecule has 3 saturated carbocycles. The molecular weight excluding hydrogens is 392 g/mol. The van der Waals surface area contributed by atoms with Crippen molar-refractivity contribution in [1.82, 2.24) is 0 Å². The Labute approximate surface area is 188 Å². The van der Waals surface area contributed by atoms with Crippen LogP contribution in [0.3, 0.4) is 0 Å². The second kappa shape index (κ2) is 8.13. The van der Waals surface area contributed by atoms with Crippen LogP contribution < -0.4 is 0 Å². The third-order valence-corrected chi connectivity index (χ3v) is 9.85. The number of aliphatic hydroxyl groups is 2. The normalized spacial score (nSPS) is 44.1. The molecule has 0 aromatic rings. The molecule has 0 aliphatic heterocycles. The third kappa shape index (κ3) is 4.12. The van der Waals surface area contributed by atoms with Gasteiger partial charge in [-0.1, -0.05) is 31.4 Å². The summed E-state index contributed by atoms with van der Waals surface area (Å²) in [6.45, 7) is 8.93. The fourth-order valence-electron chi connectivity index (χ4n) is 8.24.